The van der Waals surface area contributed by atoms with Crippen LogP contribution in [0.4, 0.5) is 0 Å². The van der Waals surface area contributed by atoms with Crippen LogP contribution in [0.15, 0.2) is 53.5 Å². The lowest BCUT2D eigenvalue weighted by Crippen LogP contribution is -2.08. The lowest BCUT2D eigenvalue weighted by molar-refractivity contribution is 0.584. The van der Waals surface area contributed by atoms with Crippen LogP contribution in [0.3, 0.4) is 0 Å². The average molecular weight is 274 g/mol. The van der Waals surface area contributed by atoms with Crippen LogP contribution in [0, 0.1) is 11.8 Å². The van der Waals surface area contributed by atoms with Crippen molar-refractivity contribution in [3.05, 3.63) is 48.5 Å². The highest BCUT2D eigenvalue weighted by Crippen LogP contribution is 2.16. The highest BCUT2D eigenvalue weighted by molar-refractivity contribution is 5.92. The van der Waals surface area contributed by atoms with E-state index < -0.39 is 0 Å². The summed E-state index contributed by atoms with van der Waals surface area (Å²) in [6, 6.07) is 0. The number of aliphatic imine (C=N–C) groups is 1. The molecule has 0 saturated heterocycles. The van der Waals surface area contributed by atoms with Crippen molar-refractivity contribution < 1.29 is 0 Å². The fourth-order valence-electron chi connectivity index (χ4n) is 1.61. The number of hydrogen-bond donors (Lipinski definition) is 0. The maximum atomic E-state index is 4.60. The van der Waals surface area contributed by atoms with Crippen LogP contribution in [-0.4, -0.2) is 17.7 Å². The van der Waals surface area contributed by atoms with Gasteiger partial charge in [0, 0.05) is 25.2 Å². The number of hydrogen-bond acceptors (Lipinski definition) is 2. The van der Waals surface area contributed by atoms with E-state index in [4.69, 9.17) is 0 Å². The third-order valence-corrected chi connectivity index (χ3v) is 2.91. The molecule has 0 rings (SSSR count). The maximum Gasteiger partial charge on any atom is 0.0593 e. The Morgan fingerprint density at radius 1 is 1.10 bits per heavy atom. The van der Waals surface area contributed by atoms with E-state index in [1.54, 1.807) is 6.08 Å². The molecule has 0 aliphatic rings. The predicted molar refractivity (Wildman–Crippen MR) is 91.7 cm³/mol. The van der Waals surface area contributed by atoms with Gasteiger partial charge in [0.1, 0.15) is 0 Å². The van der Waals surface area contributed by atoms with E-state index in [1.807, 2.05) is 20.9 Å². The fraction of sp³-hybridized carbons (Fsp3) is 0.500. The second-order valence-electron chi connectivity index (χ2n) is 5.62. The Morgan fingerprint density at radius 3 is 2.10 bits per heavy atom. The Kier molecular flexibility index (Phi) is 8.62. The average Bonchev–Trinajstić information content (AvgIpc) is 2.36. The molecule has 0 fully saturated rings. The second kappa shape index (κ2) is 9.35. The van der Waals surface area contributed by atoms with Gasteiger partial charge in [-0.1, -0.05) is 46.4 Å². The van der Waals surface area contributed by atoms with Gasteiger partial charge in [-0.2, -0.15) is 0 Å². The summed E-state index contributed by atoms with van der Waals surface area (Å²) in [6.07, 6.45) is 10.3. The Morgan fingerprint density at radius 2 is 1.70 bits per heavy atom. The zero-order valence-corrected chi connectivity index (χ0v) is 14.1. The van der Waals surface area contributed by atoms with Crippen molar-refractivity contribution in [2.24, 2.45) is 16.8 Å². The van der Waals surface area contributed by atoms with Crippen molar-refractivity contribution in [2.45, 2.75) is 41.5 Å². The van der Waals surface area contributed by atoms with E-state index in [9.17, 15) is 0 Å². The van der Waals surface area contributed by atoms with Crippen molar-refractivity contribution in [2.75, 3.05) is 7.05 Å². The molecular weight excluding hydrogens is 244 g/mol. The molecule has 0 spiro atoms. The first-order chi connectivity index (χ1) is 9.31. The van der Waals surface area contributed by atoms with Gasteiger partial charge in [-0.25, -0.2) is 0 Å². The molecule has 0 atom stereocenters. The van der Waals surface area contributed by atoms with E-state index in [0.29, 0.717) is 11.8 Å². The molecule has 0 bridgehead atoms. The van der Waals surface area contributed by atoms with Gasteiger partial charge in [-0.3, -0.25) is 4.99 Å². The standard InChI is InChI=1S/C18H30N2/c1-9-11-17(14(3)4)12-20(8)13-18(15(5)6)19-16(7)10-2/h9-15H,2H2,1,3-8H3/b11-9-,17-12+,18-13-,19-16?. The van der Waals surface area contributed by atoms with Crippen LogP contribution in [0.2, 0.25) is 0 Å². The summed E-state index contributed by atoms with van der Waals surface area (Å²) in [7, 11) is 2.05. The molecule has 20 heavy (non-hydrogen) atoms. The third kappa shape index (κ3) is 7.13. The summed E-state index contributed by atoms with van der Waals surface area (Å²) in [4.78, 5) is 6.69. The van der Waals surface area contributed by atoms with Gasteiger partial charge >= 0.3 is 0 Å². The summed E-state index contributed by atoms with van der Waals surface area (Å²) in [5, 5.41) is 0. The lowest BCUT2D eigenvalue weighted by atomic mass is 10.0. The van der Waals surface area contributed by atoms with Crippen molar-refractivity contribution in [1.29, 1.82) is 0 Å². The smallest absolute Gasteiger partial charge is 0.0593 e. The van der Waals surface area contributed by atoms with E-state index in [1.165, 1.54) is 5.57 Å². The van der Waals surface area contributed by atoms with Gasteiger partial charge < -0.3 is 4.90 Å². The Hall–Kier alpha value is -1.57. The van der Waals surface area contributed by atoms with Crippen LogP contribution >= 0.6 is 0 Å². The molecule has 2 nitrogen and oxygen atoms in total. The van der Waals surface area contributed by atoms with Crippen molar-refractivity contribution in [3.63, 3.8) is 0 Å². The zero-order chi connectivity index (χ0) is 15.7. The highest BCUT2D eigenvalue weighted by atomic mass is 15.1. The van der Waals surface area contributed by atoms with Crippen LogP contribution in [0.25, 0.3) is 0 Å². The summed E-state index contributed by atoms with van der Waals surface area (Å²) in [5.41, 5.74) is 3.31. The number of rotatable bonds is 7. The zero-order valence-electron chi connectivity index (χ0n) is 14.1. The summed E-state index contributed by atoms with van der Waals surface area (Å²) in [6.45, 7) is 16.5. The van der Waals surface area contributed by atoms with Crippen LogP contribution in [0.1, 0.15) is 41.5 Å². The fourth-order valence-corrected chi connectivity index (χ4v) is 1.61. The normalized spacial score (nSPS) is 14.6. The van der Waals surface area contributed by atoms with Gasteiger partial charge in [-0.15, -0.1) is 0 Å². The molecule has 2 heteroatoms. The van der Waals surface area contributed by atoms with Crippen molar-refractivity contribution in [3.8, 4) is 0 Å². The number of allylic oxidation sites excluding steroid dienone is 5. The molecular formula is C18H30N2. The van der Waals surface area contributed by atoms with Gasteiger partial charge in [0.15, 0.2) is 0 Å². The van der Waals surface area contributed by atoms with Crippen LogP contribution in [0.5, 0.6) is 0 Å². The molecule has 0 aliphatic carbocycles. The number of nitrogens with zero attached hydrogens (tertiary/aromatic N) is 2. The first-order valence-electron chi connectivity index (χ1n) is 7.27. The maximum absolute atomic E-state index is 4.60. The van der Waals surface area contributed by atoms with Crippen molar-refractivity contribution in [1.82, 2.24) is 4.90 Å². The highest BCUT2D eigenvalue weighted by Gasteiger charge is 2.04. The van der Waals surface area contributed by atoms with E-state index in [0.717, 1.165) is 11.4 Å². The van der Waals surface area contributed by atoms with Crippen LogP contribution in [-0.2, 0) is 0 Å². The molecule has 0 N–H and O–H groups in total. The molecule has 0 aromatic carbocycles. The lowest BCUT2D eigenvalue weighted by Gasteiger charge is -2.16. The minimum atomic E-state index is 0.380. The third-order valence-electron chi connectivity index (χ3n) is 2.91. The first-order valence-corrected chi connectivity index (χ1v) is 7.27. The summed E-state index contributed by atoms with van der Waals surface area (Å²) in [5.74, 6) is 0.882. The second-order valence-corrected chi connectivity index (χ2v) is 5.62. The first kappa shape index (κ1) is 18.4. The molecule has 0 aromatic rings. The Bertz CT molecular complexity index is 421. The molecule has 0 saturated carbocycles. The quantitative estimate of drug-likeness (QED) is 0.461. The Balaban J connectivity index is 5.33. The monoisotopic (exact) mass is 274 g/mol. The Labute approximate surface area is 125 Å². The van der Waals surface area contributed by atoms with E-state index >= 15 is 0 Å². The van der Waals surface area contributed by atoms with Crippen molar-refractivity contribution >= 4 is 5.71 Å². The van der Waals surface area contributed by atoms with E-state index in [-0.39, 0.29) is 0 Å². The summed E-state index contributed by atoms with van der Waals surface area (Å²) >= 11 is 0. The van der Waals surface area contributed by atoms with Crippen LogP contribution < -0.4 is 0 Å². The summed E-state index contributed by atoms with van der Waals surface area (Å²) < 4.78 is 0. The van der Waals surface area contributed by atoms with Gasteiger partial charge in [0.2, 0.25) is 0 Å². The molecule has 0 radical (unpaired) electrons. The minimum absolute atomic E-state index is 0.380. The van der Waals surface area contributed by atoms with E-state index in [2.05, 4.69) is 68.7 Å². The molecule has 0 amide bonds. The van der Waals surface area contributed by atoms with Gasteiger partial charge in [0.05, 0.1) is 5.70 Å². The van der Waals surface area contributed by atoms with Gasteiger partial charge in [0.25, 0.3) is 0 Å². The minimum Gasteiger partial charge on any atom is -0.355 e. The topological polar surface area (TPSA) is 15.6 Å². The largest absolute Gasteiger partial charge is 0.355 e. The molecule has 0 unspecified atom stereocenters. The molecule has 0 aliphatic heterocycles. The molecule has 0 heterocycles. The molecule has 112 valence electrons. The molecule has 0 aromatic heterocycles. The van der Waals surface area contributed by atoms with Gasteiger partial charge in [-0.05, 0) is 37.3 Å². The SMILES string of the molecule is C=CC(C)=N/C(=C\N(C)/C=C(\C=C/C)C(C)C)C(C)C. The predicted octanol–water partition coefficient (Wildman–Crippen LogP) is 5.18.